The van der Waals surface area contributed by atoms with Gasteiger partial charge in [0, 0.05) is 24.1 Å². The highest BCUT2D eigenvalue weighted by atomic mass is 19.2. The second-order valence-corrected chi connectivity index (χ2v) is 7.43. The number of hydrogen-bond donors (Lipinski definition) is 1. The van der Waals surface area contributed by atoms with Gasteiger partial charge >= 0.3 is 0 Å². The molecule has 0 radical (unpaired) electrons. The van der Waals surface area contributed by atoms with Crippen LogP contribution in [-0.4, -0.2) is 28.3 Å². The van der Waals surface area contributed by atoms with Gasteiger partial charge in [-0.1, -0.05) is 19.1 Å². The Morgan fingerprint density at radius 3 is 2.33 bits per heavy atom. The zero-order chi connectivity index (χ0) is 23.4. The molecular formula is C25H21F2N3O3. The van der Waals surface area contributed by atoms with Crippen LogP contribution in [0.15, 0.2) is 72.7 Å². The molecule has 1 aromatic heterocycles. The van der Waals surface area contributed by atoms with Crippen molar-refractivity contribution in [3.8, 4) is 5.75 Å². The predicted molar refractivity (Wildman–Crippen MR) is 119 cm³/mol. The Balaban J connectivity index is 1.71. The molecule has 0 saturated carbocycles. The first kappa shape index (κ1) is 22.1. The van der Waals surface area contributed by atoms with E-state index < -0.39 is 23.4 Å². The summed E-state index contributed by atoms with van der Waals surface area (Å²) in [4.78, 5) is 31.6. The van der Waals surface area contributed by atoms with Crippen LogP contribution in [0.1, 0.15) is 24.5 Å². The van der Waals surface area contributed by atoms with Crippen LogP contribution in [0.5, 0.6) is 5.75 Å². The van der Waals surface area contributed by atoms with E-state index >= 15 is 0 Å². The van der Waals surface area contributed by atoms with Crippen molar-refractivity contribution in [2.45, 2.75) is 19.9 Å². The van der Waals surface area contributed by atoms with Gasteiger partial charge in [0.1, 0.15) is 11.4 Å². The SMILES string of the molecule is CCCOc1ccc(C2=C(Nc3ccc(F)c(F)c3)C(=O)N(Cc3ccncc3)C2=O)cc1. The van der Waals surface area contributed by atoms with Crippen LogP contribution >= 0.6 is 0 Å². The average Bonchev–Trinajstić information content (AvgIpc) is 3.05. The van der Waals surface area contributed by atoms with E-state index in [-0.39, 0.29) is 23.5 Å². The van der Waals surface area contributed by atoms with Gasteiger partial charge in [-0.2, -0.15) is 0 Å². The average molecular weight is 449 g/mol. The normalized spacial score (nSPS) is 13.6. The van der Waals surface area contributed by atoms with Crippen LogP contribution in [-0.2, 0) is 16.1 Å². The third-order valence-electron chi connectivity index (χ3n) is 5.06. The molecule has 0 spiro atoms. The van der Waals surface area contributed by atoms with Crippen LogP contribution in [0.2, 0.25) is 0 Å². The maximum atomic E-state index is 13.7. The van der Waals surface area contributed by atoms with Gasteiger partial charge in [0.2, 0.25) is 0 Å². The number of carbonyl (C=O) groups is 2. The third kappa shape index (κ3) is 4.74. The van der Waals surface area contributed by atoms with Crippen LogP contribution in [0, 0.1) is 11.6 Å². The van der Waals surface area contributed by atoms with Gasteiger partial charge in [-0.25, -0.2) is 8.78 Å². The molecule has 1 aliphatic rings. The highest BCUT2D eigenvalue weighted by Crippen LogP contribution is 2.32. The molecule has 33 heavy (non-hydrogen) atoms. The van der Waals surface area contributed by atoms with Gasteiger partial charge in [-0.3, -0.25) is 19.5 Å². The van der Waals surface area contributed by atoms with Gasteiger partial charge in [0.25, 0.3) is 11.8 Å². The zero-order valence-corrected chi connectivity index (χ0v) is 17.8. The number of aromatic nitrogens is 1. The van der Waals surface area contributed by atoms with E-state index in [0.29, 0.717) is 17.9 Å². The summed E-state index contributed by atoms with van der Waals surface area (Å²) >= 11 is 0. The van der Waals surface area contributed by atoms with Crippen molar-refractivity contribution in [1.29, 1.82) is 0 Å². The quantitative estimate of drug-likeness (QED) is 0.511. The number of nitrogens with one attached hydrogen (secondary N) is 1. The van der Waals surface area contributed by atoms with Crippen molar-refractivity contribution >= 4 is 23.1 Å². The summed E-state index contributed by atoms with van der Waals surface area (Å²) < 4.78 is 32.7. The Morgan fingerprint density at radius 1 is 0.939 bits per heavy atom. The highest BCUT2D eigenvalue weighted by molar-refractivity contribution is 6.36. The molecule has 3 aromatic rings. The molecule has 0 bridgehead atoms. The van der Waals surface area contributed by atoms with Crippen molar-refractivity contribution < 1.29 is 23.1 Å². The number of pyridine rings is 1. The molecule has 1 N–H and O–H groups in total. The van der Waals surface area contributed by atoms with Crippen LogP contribution in [0.25, 0.3) is 5.57 Å². The number of anilines is 1. The lowest BCUT2D eigenvalue weighted by Gasteiger charge is -2.15. The number of imide groups is 1. The Kier molecular flexibility index (Phi) is 6.44. The fraction of sp³-hybridized carbons (Fsp3) is 0.160. The fourth-order valence-corrected chi connectivity index (χ4v) is 3.43. The molecule has 6 nitrogen and oxygen atoms in total. The first-order valence-electron chi connectivity index (χ1n) is 10.4. The van der Waals surface area contributed by atoms with E-state index in [2.05, 4.69) is 10.3 Å². The summed E-state index contributed by atoms with van der Waals surface area (Å²) in [6.45, 7) is 2.60. The molecule has 168 valence electrons. The number of carbonyl (C=O) groups excluding carboxylic acids is 2. The van der Waals surface area contributed by atoms with Crippen LogP contribution < -0.4 is 10.1 Å². The second-order valence-electron chi connectivity index (χ2n) is 7.43. The molecule has 2 aromatic carbocycles. The van der Waals surface area contributed by atoms with E-state index in [1.807, 2.05) is 6.92 Å². The molecule has 0 fully saturated rings. The summed E-state index contributed by atoms with van der Waals surface area (Å²) in [6, 6.07) is 13.4. The Bertz CT molecular complexity index is 1210. The summed E-state index contributed by atoms with van der Waals surface area (Å²) in [5.74, 6) is -2.50. The predicted octanol–water partition coefficient (Wildman–Crippen LogP) is 4.54. The summed E-state index contributed by atoms with van der Waals surface area (Å²) in [5, 5.41) is 2.82. The number of rotatable bonds is 8. The minimum absolute atomic E-state index is 0.0118. The number of hydrogen-bond acceptors (Lipinski definition) is 5. The minimum atomic E-state index is -1.06. The Hall–Kier alpha value is -4.07. The summed E-state index contributed by atoms with van der Waals surface area (Å²) in [5.41, 5.74) is 1.50. The molecule has 8 heteroatoms. The fourth-order valence-electron chi connectivity index (χ4n) is 3.43. The number of ether oxygens (including phenoxy) is 1. The van der Waals surface area contributed by atoms with Crippen molar-refractivity contribution in [2.24, 2.45) is 0 Å². The van der Waals surface area contributed by atoms with E-state index in [4.69, 9.17) is 4.74 Å². The minimum Gasteiger partial charge on any atom is -0.494 e. The molecular weight excluding hydrogens is 428 g/mol. The van der Waals surface area contributed by atoms with E-state index in [9.17, 15) is 18.4 Å². The van der Waals surface area contributed by atoms with Gasteiger partial charge in [-0.05, 0) is 53.9 Å². The topological polar surface area (TPSA) is 71.5 Å². The molecule has 2 heterocycles. The maximum absolute atomic E-state index is 13.7. The monoisotopic (exact) mass is 449 g/mol. The first-order valence-corrected chi connectivity index (χ1v) is 10.4. The number of benzene rings is 2. The number of nitrogens with zero attached hydrogens (tertiary/aromatic N) is 2. The van der Waals surface area contributed by atoms with Crippen molar-refractivity contribution in [3.63, 3.8) is 0 Å². The van der Waals surface area contributed by atoms with Crippen molar-refractivity contribution in [3.05, 3.63) is 95.4 Å². The van der Waals surface area contributed by atoms with E-state index in [0.717, 1.165) is 29.0 Å². The number of halogens is 2. The van der Waals surface area contributed by atoms with Crippen LogP contribution in [0.4, 0.5) is 14.5 Å². The lowest BCUT2D eigenvalue weighted by atomic mass is 10.0. The standard InChI is InChI=1S/C25H21F2N3O3/c1-2-13-33-19-6-3-17(4-7-19)22-23(29-18-5-8-20(26)21(27)14-18)25(32)30(24(22)31)15-16-9-11-28-12-10-16/h3-12,14,29H,2,13,15H2,1H3. The molecule has 0 aliphatic carbocycles. The zero-order valence-electron chi connectivity index (χ0n) is 17.8. The largest absolute Gasteiger partial charge is 0.494 e. The van der Waals surface area contributed by atoms with Gasteiger partial charge < -0.3 is 10.1 Å². The van der Waals surface area contributed by atoms with E-state index in [1.54, 1.807) is 48.8 Å². The van der Waals surface area contributed by atoms with Gasteiger partial charge in [0.15, 0.2) is 11.6 Å². The Labute approximate surface area is 189 Å². The lowest BCUT2D eigenvalue weighted by Crippen LogP contribution is -2.32. The van der Waals surface area contributed by atoms with Gasteiger partial charge in [0.05, 0.1) is 18.7 Å². The highest BCUT2D eigenvalue weighted by Gasteiger charge is 2.39. The second kappa shape index (κ2) is 9.60. The summed E-state index contributed by atoms with van der Waals surface area (Å²) in [7, 11) is 0. The maximum Gasteiger partial charge on any atom is 0.278 e. The molecule has 2 amide bonds. The molecule has 0 unspecified atom stereocenters. The third-order valence-corrected chi connectivity index (χ3v) is 5.06. The molecule has 0 saturated heterocycles. The summed E-state index contributed by atoms with van der Waals surface area (Å²) in [6.07, 6.45) is 4.00. The van der Waals surface area contributed by atoms with Crippen LogP contribution in [0.3, 0.4) is 0 Å². The van der Waals surface area contributed by atoms with Crippen molar-refractivity contribution in [2.75, 3.05) is 11.9 Å². The van der Waals surface area contributed by atoms with Gasteiger partial charge in [-0.15, -0.1) is 0 Å². The molecule has 4 rings (SSSR count). The van der Waals surface area contributed by atoms with E-state index in [1.165, 1.54) is 6.07 Å². The lowest BCUT2D eigenvalue weighted by molar-refractivity contribution is -0.137. The molecule has 0 atom stereocenters. The van der Waals surface area contributed by atoms with Crippen molar-refractivity contribution in [1.82, 2.24) is 9.88 Å². The number of amides is 2. The Morgan fingerprint density at radius 2 is 1.67 bits per heavy atom. The smallest absolute Gasteiger partial charge is 0.278 e. The molecule has 1 aliphatic heterocycles. The first-order chi connectivity index (χ1) is 16.0.